The Labute approximate surface area is 151 Å². The molecule has 0 aliphatic heterocycles. The van der Waals surface area contributed by atoms with Crippen LogP contribution in [0.4, 0.5) is 0 Å². The standard InChI is InChI=1S/C18H21O3P.Li/c1-11-9-12(2)17(13(3)10-11)22-18(19)16-14(20-4)7-6-8-15(16)21-5;/h6-10,22H,1-5H3;/q;+1. The van der Waals surface area contributed by atoms with Crippen molar-refractivity contribution < 1.29 is 33.1 Å². The Hall–Kier alpha value is -1.26. The molecule has 1 unspecified atom stereocenters. The third kappa shape index (κ3) is 4.39. The number of aryl methyl sites for hydroxylation is 3. The number of hydrogen-bond acceptors (Lipinski definition) is 3. The molecule has 0 spiro atoms. The fourth-order valence-electron chi connectivity index (χ4n) is 2.63. The summed E-state index contributed by atoms with van der Waals surface area (Å²) in [4.78, 5) is 12.8. The maximum absolute atomic E-state index is 12.8. The van der Waals surface area contributed by atoms with Crippen LogP contribution in [0.1, 0.15) is 27.0 Å². The fraction of sp³-hybridized carbons (Fsp3) is 0.278. The molecule has 2 rings (SSSR count). The van der Waals surface area contributed by atoms with Crippen LogP contribution in [-0.4, -0.2) is 19.7 Å². The van der Waals surface area contributed by atoms with E-state index in [0.717, 1.165) is 16.4 Å². The fourth-order valence-corrected chi connectivity index (χ4v) is 3.77. The van der Waals surface area contributed by atoms with Crippen LogP contribution in [0.25, 0.3) is 0 Å². The number of hydrogen-bond donors (Lipinski definition) is 0. The summed E-state index contributed by atoms with van der Waals surface area (Å²) in [6.07, 6.45) is 0. The van der Waals surface area contributed by atoms with Gasteiger partial charge in [-0.05, 0) is 57.9 Å². The van der Waals surface area contributed by atoms with Gasteiger partial charge in [-0.1, -0.05) is 23.8 Å². The van der Waals surface area contributed by atoms with Crippen LogP contribution in [-0.2, 0) is 0 Å². The topological polar surface area (TPSA) is 35.5 Å². The minimum absolute atomic E-state index is 0. The Balaban J connectivity index is 0.00000264. The smallest absolute Gasteiger partial charge is 0.496 e. The predicted octanol–water partition coefficient (Wildman–Crippen LogP) is 0.777. The van der Waals surface area contributed by atoms with Gasteiger partial charge in [0.2, 0.25) is 0 Å². The molecule has 0 aliphatic rings. The average Bonchev–Trinajstić information content (AvgIpc) is 2.49. The van der Waals surface area contributed by atoms with E-state index in [2.05, 4.69) is 32.9 Å². The molecule has 5 heteroatoms. The van der Waals surface area contributed by atoms with E-state index in [0.29, 0.717) is 17.1 Å². The molecule has 0 saturated carbocycles. The Morgan fingerprint density at radius 1 is 0.957 bits per heavy atom. The second-order valence-corrected chi connectivity index (χ2v) is 6.47. The molecule has 2 aromatic rings. The molecule has 0 amide bonds. The van der Waals surface area contributed by atoms with Gasteiger partial charge in [0.25, 0.3) is 0 Å². The summed E-state index contributed by atoms with van der Waals surface area (Å²) in [5.74, 6) is 1.11. The molecule has 0 saturated heterocycles. The second-order valence-electron chi connectivity index (χ2n) is 5.27. The quantitative estimate of drug-likeness (QED) is 0.603. The van der Waals surface area contributed by atoms with Crippen molar-refractivity contribution >= 4 is 19.4 Å². The van der Waals surface area contributed by atoms with Gasteiger partial charge in [0, 0.05) is 0 Å². The second kappa shape index (κ2) is 8.55. The molecule has 0 bridgehead atoms. The van der Waals surface area contributed by atoms with E-state index in [1.54, 1.807) is 26.4 Å². The maximum Gasteiger partial charge on any atom is 1.00 e. The van der Waals surface area contributed by atoms with Gasteiger partial charge in [-0.15, -0.1) is 0 Å². The van der Waals surface area contributed by atoms with Gasteiger partial charge in [0.1, 0.15) is 17.1 Å². The number of carbonyl (C=O) groups is 1. The van der Waals surface area contributed by atoms with Crippen molar-refractivity contribution in [3.05, 3.63) is 52.6 Å². The minimum Gasteiger partial charge on any atom is -0.496 e. The summed E-state index contributed by atoms with van der Waals surface area (Å²) in [7, 11) is 3.18. The Kier molecular flexibility index (Phi) is 7.35. The van der Waals surface area contributed by atoms with Crippen molar-refractivity contribution in [2.75, 3.05) is 14.2 Å². The van der Waals surface area contributed by atoms with Gasteiger partial charge in [0.15, 0.2) is 5.52 Å². The van der Waals surface area contributed by atoms with Gasteiger partial charge < -0.3 is 9.47 Å². The summed E-state index contributed by atoms with van der Waals surface area (Å²) in [5.41, 5.74) is 4.07. The summed E-state index contributed by atoms with van der Waals surface area (Å²) < 4.78 is 10.7. The zero-order chi connectivity index (χ0) is 16.3. The van der Waals surface area contributed by atoms with E-state index in [1.165, 1.54) is 5.56 Å². The van der Waals surface area contributed by atoms with Crippen LogP contribution in [0.3, 0.4) is 0 Å². The van der Waals surface area contributed by atoms with Crippen molar-refractivity contribution in [1.82, 2.24) is 0 Å². The van der Waals surface area contributed by atoms with Gasteiger partial charge in [-0.2, -0.15) is 0 Å². The average molecular weight is 323 g/mol. The number of benzene rings is 2. The van der Waals surface area contributed by atoms with Crippen molar-refractivity contribution in [1.29, 1.82) is 0 Å². The van der Waals surface area contributed by atoms with Crippen molar-refractivity contribution in [2.24, 2.45) is 0 Å². The number of carbonyl (C=O) groups excluding carboxylic acids is 1. The normalized spacial score (nSPS) is 10.5. The largest absolute Gasteiger partial charge is 1.00 e. The van der Waals surface area contributed by atoms with E-state index in [9.17, 15) is 4.79 Å². The number of methoxy groups -OCH3 is 2. The monoisotopic (exact) mass is 323 g/mol. The van der Waals surface area contributed by atoms with E-state index < -0.39 is 0 Å². The van der Waals surface area contributed by atoms with Gasteiger partial charge in [-0.25, -0.2) is 0 Å². The molecule has 0 N–H and O–H groups in total. The van der Waals surface area contributed by atoms with Crippen molar-refractivity contribution in [3.8, 4) is 11.5 Å². The molecule has 0 aromatic heterocycles. The molecule has 0 aliphatic carbocycles. The zero-order valence-corrected chi connectivity index (χ0v) is 15.6. The minimum atomic E-state index is 0. The molecule has 0 fully saturated rings. The summed E-state index contributed by atoms with van der Waals surface area (Å²) >= 11 is 0. The Bertz CT molecular complexity index is 668. The van der Waals surface area contributed by atoms with Crippen LogP contribution in [0.2, 0.25) is 0 Å². The van der Waals surface area contributed by atoms with Crippen LogP contribution in [0.5, 0.6) is 11.5 Å². The molecule has 1 atom stereocenters. The van der Waals surface area contributed by atoms with E-state index >= 15 is 0 Å². The first-order valence-electron chi connectivity index (χ1n) is 7.08. The van der Waals surface area contributed by atoms with Crippen LogP contribution in [0, 0.1) is 20.8 Å². The molecule has 2 aromatic carbocycles. The van der Waals surface area contributed by atoms with Gasteiger partial charge >= 0.3 is 18.9 Å². The molecule has 23 heavy (non-hydrogen) atoms. The number of ether oxygens (including phenoxy) is 2. The Morgan fingerprint density at radius 3 is 1.87 bits per heavy atom. The number of rotatable bonds is 5. The molecular weight excluding hydrogens is 302 g/mol. The third-order valence-corrected chi connectivity index (χ3v) is 5.09. The molecule has 3 nitrogen and oxygen atoms in total. The van der Waals surface area contributed by atoms with E-state index in [4.69, 9.17) is 9.47 Å². The van der Waals surface area contributed by atoms with Crippen molar-refractivity contribution in [2.45, 2.75) is 20.8 Å². The molecule has 0 heterocycles. The van der Waals surface area contributed by atoms with Crippen LogP contribution in [0.15, 0.2) is 30.3 Å². The van der Waals surface area contributed by atoms with Crippen LogP contribution < -0.4 is 33.6 Å². The zero-order valence-electron chi connectivity index (χ0n) is 14.6. The SMILES string of the molecule is COc1cccc(OC)c1C(=O)Pc1c(C)cc(C)cc1C.[Li+]. The summed E-state index contributed by atoms with van der Waals surface area (Å²) in [6.45, 7) is 6.17. The summed E-state index contributed by atoms with van der Waals surface area (Å²) in [5, 5.41) is 1.10. The molecule has 116 valence electrons. The van der Waals surface area contributed by atoms with E-state index in [-0.39, 0.29) is 33.0 Å². The molecular formula is C18H21LiO3P+. The van der Waals surface area contributed by atoms with Crippen LogP contribution >= 0.6 is 8.58 Å². The summed E-state index contributed by atoms with van der Waals surface area (Å²) in [6, 6.07) is 9.62. The first-order valence-corrected chi connectivity index (χ1v) is 8.08. The molecule has 0 radical (unpaired) electrons. The maximum atomic E-state index is 12.8. The van der Waals surface area contributed by atoms with Gasteiger partial charge in [0.05, 0.1) is 14.2 Å². The predicted molar refractivity (Wildman–Crippen MR) is 92.5 cm³/mol. The van der Waals surface area contributed by atoms with Crippen molar-refractivity contribution in [3.63, 3.8) is 0 Å². The van der Waals surface area contributed by atoms with E-state index in [1.807, 2.05) is 6.07 Å². The Morgan fingerprint density at radius 2 is 1.43 bits per heavy atom. The first kappa shape index (κ1) is 19.8. The first-order chi connectivity index (χ1) is 10.5. The van der Waals surface area contributed by atoms with Gasteiger partial charge in [-0.3, -0.25) is 4.79 Å². The third-order valence-electron chi connectivity index (χ3n) is 3.57.